The fourth-order valence-electron chi connectivity index (χ4n) is 2.75. The number of hydrogen-bond donors (Lipinski definition) is 4. The standard InChI is InChI=1S/C16H17F3N4O3S2/c17-16(18,19)7-20-15(26)23-11(24)8-5-6-27-13(8)22-12(25)14-21-9-3-1-2-4-10(9)28-14/h1-4,8,13-14,21H,5-7H2,(H,22,25)(H2,20,23,24,26). The molecule has 28 heavy (non-hydrogen) atoms. The number of alkyl halides is 3. The normalized spacial score (nSPS) is 23.5. The van der Waals surface area contributed by atoms with Crippen LogP contribution in [0.2, 0.25) is 0 Å². The largest absolute Gasteiger partial charge is 0.405 e. The third-order valence-electron chi connectivity index (χ3n) is 4.06. The minimum Gasteiger partial charge on any atom is -0.364 e. The molecule has 0 bridgehead atoms. The van der Waals surface area contributed by atoms with Crippen LogP contribution < -0.4 is 21.3 Å². The van der Waals surface area contributed by atoms with Crippen molar-refractivity contribution in [3.63, 3.8) is 0 Å². The van der Waals surface area contributed by atoms with Gasteiger partial charge in [0.15, 0.2) is 5.37 Å². The third-order valence-corrected chi connectivity index (χ3v) is 6.51. The Morgan fingerprint density at radius 3 is 2.64 bits per heavy atom. The number of anilines is 1. The topological polar surface area (TPSA) is 99.3 Å². The number of imide groups is 1. The van der Waals surface area contributed by atoms with Crippen molar-refractivity contribution in [2.75, 3.05) is 17.6 Å². The van der Waals surface area contributed by atoms with Gasteiger partial charge in [0.05, 0.1) is 11.3 Å². The number of benzene rings is 1. The van der Waals surface area contributed by atoms with E-state index in [0.717, 1.165) is 10.6 Å². The molecule has 0 saturated carbocycles. The van der Waals surface area contributed by atoms with Gasteiger partial charge in [0, 0.05) is 10.6 Å². The van der Waals surface area contributed by atoms with Crippen molar-refractivity contribution in [1.29, 1.82) is 0 Å². The summed E-state index contributed by atoms with van der Waals surface area (Å²) in [5.74, 6) is -1.15. The van der Waals surface area contributed by atoms with Crippen LogP contribution in [0.3, 0.4) is 0 Å². The van der Waals surface area contributed by atoms with Crippen LogP contribution in [0.4, 0.5) is 23.7 Å². The quantitative estimate of drug-likeness (QED) is 0.580. The van der Waals surface area contributed by atoms with E-state index in [1.807, 2.05) is 29.6 Å². The molecular formula is C16H17F3N4O3S2. The van der Waals surface area contributed by atoms with Gasteiger partial charge in [0.2, 0.25) is 5.91 Å². The molecule has 3 rings (SSSR count). The molecule has 1 aromatic rings. The van der Waals surface area contributed by atoms with Gasteiger partial charge in [-0.15, -0.1) is 11.8 Å². The number of carbonyl (C=O) groups excluding carboxylic acids is 3. The molecule has 2 aliphatic rings. The van der Waals surface area contributed by atoms with Crippen molar-refractivity contribution in [2.45, 2.75) is 28.2 Å². The zero-order valence-corrected chi connectivity index (χ0v) is 16.0. The minimum absolute atomic E-state index is 0.306. The molecule has 0 spiro atoms. The summed E-state index contributed by atoms with van der Waals surface area (Å²) in [4.78, 5) is 37.2. The Labute approximate surface area is 166 Å². The van der Waals surface area contributed by atoms with E-state index in [2.05, 4.69) is 10.6 Å². The fourth-order valence-corrected chi connectivity index (χ4v) is 5.11. The summed E-state index contributed by atoms with van der Waals surface area (Å²) in [5.41, 5.74) is 0.849. The molecule has 1 aromatic carbocycles. The van der Waals surface area contributed by atoms with Crippen LogP contribution in [0.5, 0.6) is 0 Å². The van der Waals surface area contributed by atoms with Crippen molar-refractivity contribution < 1.29 is 27.6 Å². The Bertz CT molecular complexity index is 753. The number of para-hydroxylation sites is 1. The number of thioether (sulfide) groups is 2. The molecule has 12 heteroatoms. The Morgan fingerprint density at radius 2 is 1.93 bits per heavy atom. The Kier molecular flexibility index (Phi) is 6.28. The molecule has 2 heterocycles. The second kappa shape index (κ2) is 8.52. The number of amides is 4. The lowest BCUT2D eigenvalue weighted by molar-refractivity contribution is -0.127. The highest BCUT2D eigenvalue weighted by Crippen LogP contribution is 2.38. The van der Waals surface area contributed by atoms with E-state index < -0.39 is 41.3 Å². The Morgan fingerprint density at radius 1 is 1.18 bits per heavy atom. The number of rotatable bonds is 4. The van der Waals surface area contributed by atoms with Gasteiger partial charge in [-0.25, -0.2) is 4.79 Å². The van der Waals surface area contributed by atoms with Crippen LogP contribution >= 0.6 is 23.5 Å². The molecule has 0 aromatic heterocycles. The van der Waals surface area contributed by atoms with Gasteiger partial charge in [-0.1, -0.05) is 23.9 Å². The van der Waals surface area contributed by atoms with E-state index in [-0.39, 0.29) is 5.91 Å². The van der Waals surface area contributed by atoms with Gasteiger partial charge < -0.3 is 16.0 Å². The van der Waals surface area contributed by atoms with Crippen LogP contribution in [0.25, 0.3) is 0 Å². The summed E-state index contributed by atoms with van der Waals surface area (Å²) in [7, 11) is 0. The van der Waals surface area contributed by atoms with Crippen molar-refractivity contribution in [3.05, 3.63) is 24.3 Å². The lowest BCUT2D eigenvalue weighted by Gasteiger charge is -2.21. The summed E-state index contributed by atoms with van der Waals surface area (Å²) in [6, 6.07) is 6.25. The highest BCUT2D eigenvalue weighted by atomic mass is 32.2. The van der Waals surface area contributed by atoms with E-state index in [1.54, 1.807) is 5.32 Å². The predicted octanol–water partition coefficient (Wildman–Crippen LogP) is 2.11. The number of urea groups is 1. The third kappa shape index (κ3) is 5.25. The molecule has 3 atom stereocenters. The van der Waals surface area contributed by atoms with E-state index in [1.165, 1.54) is 23.5 Å². The van der Waals surface area contributed by atoms with Gasteiger partial charge >= 0.3 is 12.2 Å². The van der Waals surface area contributed by atoms with Crippen LogP contribution in [-0.4, -0.2) is 47.1 Å². The van der Waals surface area contributed by atoms with E-state index in [9.17, 15) is 27.6 Å². The van der Waals surface area contributed by atoms with E-state index >= 15 is 0 Å². The number of nitrogens with one attached hydrogen (secondary N) is 4. The average molecular weight is 434 g/mol. The van der Waals surface area contributed by atoms with Crippen molar-refractivity contribution in [3.8, 4) is 0 Å². The number of halogens is 3. The van der Waals surface area contributed by atoms with Gasteiger partial charge in [-0.05, 0) is 24.3 Å². The van der Waals surface area contributed by atoms with E-state index in [4.69, 9.17) is 0 Å². The lowest BCUT2D eigenvalue weighted by atomic mass is 10.1. The van der Waals surface area contributed by atoms with Gasteiger partial charge in [0.25, 0.3) is 5.91 Å². The smallest absolute Gasteiger partial charge is 0.364 e. The molecule has 1 fully saturated rings. The maximum Gasteiger partial charge on any atom is 0.405 e. The summed E-state index contributed by atoms with van der Waals surface area (Å²) in [6.07, 6.45) is -4.16. The van der Waals surface area contributed by atoms with Gasteiger partial charge in [-0.3, -0.25) is 14.9 Å². The first-order chi connectivity index (χ1) is 13.2. The molecular weight excluding hydrogens is 417 g/mol. The van der Waals surface area contributed by atoms with Gasteiger partial charge in [-0.2, -0.15) is 13.2 Å². The molecule has 4 N–H and O–H groups in total. The maximum absolute atomic E-state index is 12.5. The molecule has 0 aliphatic carbocycles. The van der Waals surface area contributed by atoms with Crippen molar-refractivity contribution >= 4 is 47.1 Å². The van der Waals surface area contributed by atoms with Crippen LogP contribution in [0.1, 0.15) is 6.42 Å². The highest BCUT2D eigenvalue weighted by molar-refractivity contribution is 8.01. The van der Waals surface area contributed by atoms with Crippen LogP contribution in [-0.2, 0) is 9.59 Å². The second-order valence-electron chi connectivity index (χ2n) is 6.12. The zero-order valence-electron chi connectivity index (χ0n) is 14.3. The first-order valence-corrected chi connectivity index (χ1v) is 10.3. The van der Waals surface area contributed by atoms with Crippen molar-refractivity contribution in [2.24, 2.45) is 5.92 Å². The summed E-state index contributed by atoms with van der Waals surface area (Å²) in [5, 5.41) is 8.26. The van der Waals surface area contributed by atoms with Gasteiger partial charge in [0.1, 0.15) is 6.54 Å². The molecule has 4 amide bonds. The van der Waals surface area contributed by atoms with Crippen LogP contribution in [0.15, 0.2) is 29.2 Å². The summed E-state index contributed by atoms with van der Waals surface area (Å²) < 4.78 is 36.4. The number of carbonyl (C=O) groups is 3. The summed E-state index contributed by atoms with van der Waals surface area (Å²) in [6.45, 7) is -1.53. The number of fused-ring (bicyclic) bond motifs is 1. The van der Waals surface area contributed by atoms with Crippen molar-refractivity contribution in [1.82, 2.24) is 16.0 Å². The fraction of sp³-hybridized carbons (Fsp3) is 0.438. The lowest BCUT2D eigenvalue weighted by Crippen LogP contribution is -2.50. The zero-order chi connectivity index (χ0) is 20.3. The highest BCUT2D eigenvalue weighted by Gasteiger charge is 2.38. The number of hydrogen-bond acceptors (Lipinski definition) is 6. The SMILES string of the molecule is O=C(NCC(F)(F)F)NC(=O)C1CCSC1NC(=O)C1Nc2ccccc2S1. The van der Waals surface area contributed by atoms with Crippen LogP contribution in [0, 0.1) is 5.92 Å². The summed E-state index contributed by atoms with van der Waals surface area (Å²) >= 11 is 2.71. The van der Waals surface area contributed by atoms with E-state index in [0.29, 0.717) is 12.2 Å². The second-order valence-corrected chi connectivity index (χ2v) is 8.52. The maximum atomic E-state index is 12.5. The predicted molar refractivity (Wildman–Crippen MR) is 99.8 cm³/mol. The molecule has 2 aliphatic heterocycles. The average Bonchev–Trinajstić information content (AvgIpc) is 3.25. The monoisotopic (exact) mass is 434 g/mol. The molecule has 7 nitrogen and oxygen atoms in total. The first kappa shape index (κ1) is 20.6. The Hall–Kier alpha value is -2.08. The molecule has 0 radical (unpaired) electrons. The minimum atomic E-state index is -4.57. The molecule has 152 valence electrons. The molecule has 3 unspecified atom stereocenters. The Balaban J connectivity index is 1.51. The first-order valence-electron chi connectivity index (χ1n) is 8.32. The molecule has 1 saturated heterocycles.